The SMILES string of the molecule is CCc1nccc(CN2CCc3nc(-c4cccc(F)c4)[nH]c3C2)n1. The van der Waals surface area contributed by atoms with E-state index in [4.69, 9.17) is 0 Å². The minimum Gasteiger partial charge on any atom is -0.341 e. The Kier molecular flexibility index (Phi) is 4.28. The predicted molar refractivity (Wildman–Crippen MR) is 93.2 cm³/mol. The van der Waals surface area contributed by atoms with Crippen LogP contribution in [0.3, 0.4) is 0 Å². The zero-order valence-electron chi connectivity index (χ0n) is 14.2. The van der Waals surface area contributed by atoms with Gasteiger partial charge in [0, 0.05) is 44.2 Å². The maximum atomic E-state index is 13.4. The average molecular weight is 337 g/mol. The predicted octanol–water partition coefficient (Wildman–Crippen LogP) is 3.13. The van der Waals surface area contributed by atoms with Gasteiger partial charge in [-0.05, 0) is 18.2 Å². The Morgan fingerprint density at radius 1 is 1.24 bits per heavy atom. The molecule has 0 radical (unpaired) electrons. The second-order valence-corrected chi connectivity index (χ2v) is 6.30. The maximum absolute atomic E-state index is 13.4. The van der Waals surface area contributed by atoms with Crippen molar-refractivity contribution in [3.8, 4) is 11.4 Å². The van der Waals surface area contributed by atoms with E-state index >= 15 is 0 Å². The number of imidazole rings is 1. The van der Waals surface area contributed by atoms with Crippen LogP contribution in [0.1, 0.15) is 29.8 Å². The first-order valence-electron chi connectivity index (χ1n) is 8.58. The molecule has 0 spiro atoms. The molecule has 4 rings (SSSR count). The van der Waals surface area contributed by atoms with Crippen LogP contribution >= 0.6 is 0 Å². The van der Waals surface area contributed by atoms with Gasteiger partial charge in [-0.3, -0.25) is 4.90 Å². The molecule has 3 heterocycles. The number of hydrogen-bond donors (Lipinski definition) is 1. The molecule has 25 heavy (non-hydrogen) atoms. The summed E-state index contributed by atoms with van der Waals surface area (Å²) < 4.78 is 13.4. The van der Waals surface area contributed by atoms with Gasteiger partial charge >= 0.3 is 0 Å². The number of aromatic amines is 1. The monoisotopic (exact) mass is 337 g/mol. The molecule has 0 unspecified atom stereocenters. The number of aromatic nitrogens is 4. The van der Waals surface area contributed by atoms with Gasteiger partial charge in [-0.1, -0.05) is 19.1 Å². The highest BCUT2D eigenvalue weighted by Gasteiger charge is 2.21. The van der Waals surface area contributed by atoms with E-state index in [0.29, 0.717) is 0 Å². The Bertz CT molecular complexity index is 889. The van der Waals surface area contributed by atoms with Gasteiger partial charge < -0.3 is 4.98 Å². The summed E-state index contributed by atoms with van der Waals surface area (Å²) in [6, 6.07) is 8.51. The highest BCUT2D eigenvalue weighted by Crippen LogP contribution is 2.24. The molecule has 1 aromatic carbocycles. The summed E-state index contributed by atoms with van der Waals surface area (Å²) in [5, 5.41) is 0. The topological polar surface area (TPSA) is 57.7 Å². The van der Waals surface area contributed by atoms with Crippen molar-refractivity contribution in [2.24, 2.45) is 0 Å². The fourth-order valence-electron chi connectivity index (χ4n) is 3.19. The first-order chi connectivity index (χ1) is 12.2. The summed E-state index contributed by atoms with van der Waals surface area (Å²) in [5.41, 5.74) is 4.01. The number of H-pyrrole nitrogens is 1. The summed E-state index contributed by atoms with van der Waals surface area (Å²) >= 11 is 0. The van der Waals surface area contributed by atoms with Crippen molar-refractivity contribution in [2.75, 3.05) is 6.54 Å². The second kappa shape index (κ2) is 6.72. The number of fused-ring (bicyclic) bond motifs is 1. The number of rotatable bonds is 4. The van der Waals surface area contributed by atoms with Crippen molar-refractivity contribution in [3.63, 3.8) is 0 Å². The van der Waals surface area contributed by atoms with Crippen LogP contribution < -0.4 is 0 Å². The third kappa shape index (κ3) is 3.44. The Balaban J connectivity index is 1.51. The van der Waals surface area contributed by atoms with Crippen molar-refractivity contribution in [1.29, 1.82) is 0 Å². The van der Waals surface area contributed by atoms with Gasteiger partial charge in [0.05, 0.1) is 17.1 Å². The zero-order chi connectivity index (χ0) is 17.2. The maximum Gasteiger partial charge on any atom is 0.137 e. The molecule has 0 aliphatic carbocycles. The third-order valence-electron chi connectivity index (χ3n) is 4.47. The molecule has 1 N–H and O–H groups in total. The quantitative estimate of drug-likeness (QED) is 0.795. The molecule has 0 bridgehead atoms. The van der Waals surface area contributed by atoms with E-state index in [9.17, 15) is 4.39 Å². The van der Waals surface area contributed by atoms with Gasteiger partial charge in [-0.2, -0.15) is 0 Å². The van der Waals surface area contributed by atoms with Crippen molar-refractivity contribution >= 4 is 0 Å². The van der Waals surface area contributed by atoms with Crippen LogP contribution in [0.15, 0.2) is 36.5 Å². The number of aryl methyl sites for hydroxylation is 1. The molecule has 2 aromatic heterocycles. The van der Waals surface area contributed by atoms with E-state index in [0.717, 1.165) is 66.8 Å². The fraction of sp³-hybridized carbons (Fsp3) is 0.316. The van der Waals surface area contributed by atoms with Crippen LogP contribution in [-0.4, -0.2) is 31.4 Å². The normalized spacial score (nSPS) is 14.5. The van der Waals surface area contributed by atoms with Gasteiger partial charge in [-0.25, -0.2) is 19.3 Å². The lowest BCUT2D eigenvalue weighted by Gasteiger charge is -2.25. The van der Waals surface area contributed by atoms with Crippen molar-refractivity contribution in [2.45, 2.75) is 32.9 Å². The van der Waals surface area contributed by atoms with Crippen LogP contribution in [0.4, 0.5) is 4.39 Å². The van der Waals surface area contributed by atoms with Crippen molar-refractivity contribution in [3.05, 3.63) is 65.3 Å². The Morgan fingerprint density at radius 2 is 2.16 bits per heavy atom. The van der Waals surface area contributed by atoms with Gasteiger partial charge in [-0.15, -0.1) is 0 Å². The molecule has 0 fully saturated rings. The smallest absolute Gasteiger partial charge is 0.137 e. The highest BCUT2D eigenvalue weighted by atomic mass is 19.1. The molecule has 6 heteroatoms. The molecule has 1 aliphatic rings. The first kappa shape index (κ1) is 15.9. The zero-order valence-corrected chi connectivity index (χ0v) is 14.2. The van der Waals surface area contributed by atoms with E-state index in [1.165, 1.54) is 12.1 Å². The standard InChI is InChI=1S/C19H20FN5/c1-2-18-21-8-6-15(22-18)11-25-9-7-16-17(12-25)24-19(23-16)13-4-3-5-14(20)10-13/h3-6,8,10H,2,7,9,11-12H2,1H3,(H,23,24). The summed E-state index contributed by atoms with van der Waals surface area (Å²) in [6.07, 6.45) is 3.55. The van der Waals surface area contributed by atoms with E-state index in [1.807, 2.05) is 18.3 Å². The average Bonchev–Trinajstić information content (AvgIpc) is 3.05. The van der Waals surface area contributed by atoms with E-state index in [1.54, 1.807) is 6.07 Å². The number of halogens is 1. The lowest BCUT2D eigenvalue weighted by Crippen LogP contribution is -2.30. The van der Waals surface area contributed by atoms with E-state index < -0.39 is 0 Å². The number of nitrogens with zero attached hydrogens (tertiary/aromatic N) is 4. The Morgan fingerprint density at radius 3 is 3.00 bits per heavy atom. The molecule has 0 saturated carbocycles. The minimum atomic E-state index is -0.246. The molecule has 1 aliphatic heterocycles. The van der Waals surface area contributed by atoms with E-state index in [2.05, 4.69) is 31.8 Å². The molecule has 3 aromatic rings. The minimum absolute atomic E-state index is 0.246. The van der Waals surface area contributed by atoms with Crippen molar-refractivity contribution in [1.82, 2.24) is 24.8 Å². The van der Waals surface area contributed by atoms with Crippen LogP contribution in [-0.2, 0) is 25.9 Å². The highest BCUT2D eigenvalue weighted by molar-refractivity contribution is 5.56. The number of nitrogens with one attached hydrogen (secondary N) is 1. The molecule has 5 nitrogen and oxygen atoms in total. The van der Waals surface area contributed by atoms with E-state index in [-0.39, 0.29) is 5.82 Å². The van der Waals surface area contributed by atoms with Gasteiger partial charge in [0.1, 0.15) is 17.5 Å². The third-order valence-corrected chi connectivity index (χ3v) is 4.47. The summed E-state index contributed by atoms with van der Waals surface area (Å²) in [7, 11) is 0. The largest absolute Gasteiger partial charge is 0.341 e. The van der Waals surface area contributed by atoms with Crippen LogP contribution in [0.5, 0.6) is 0 Å². The van der Waals surface area contributed by atoms with Crippen LogP contribution in [0, 0.1) is 5.82 Å². The molecule has 0 saturated heterocycles. The fourth-order valence-corrected chi connectivity index (χ4v) is 3.19. The summed E-state index contributed by atoms with van der Waals surface area (Å²) in [4.78, 5) is 19.2. The number of hydrogen-bond acceptors (Lipinski definition) is 4. The number of benzene rings is 1. The first-order valence-corrected chi connectivity index (χ1v) is 8.58. The summed E-state index contributed by atoms with van der Waals surface area (Å²) in [6.45, 7) is 4.59. The molecule has 0 atom stereocenters. The molecular weight excluding hydrogens is 317 g/mol. The van der Waals surface area contributed by atoms with Crippen LogP contribution in [0.25, 0.3) is 11.4 Å². The lowest BCUT2D eigenvalue weighted by atomic mass is 10.1. The van der Waals surface area contributed by atoms with Crippen LogP contribution in [0.2, 0.25) is 0 Å². The lowest BCUT2D eigenvalue weighted by molar-refractivity contribution is 0.238. The Hall–Kier alpha value is -2.60. The summed E-state index contributed by atoms with van der Waals surface area (Å²) in [5.74, 6) is 1.37. The van der Waals surface area contributed by atoms with Gasteiger partial charge in [0.15, 0.2) is 0 Å². The molecular formula is C19H20FN5. The molecule has 128 valence electrons. The second-order valence-electron chi connectivity index (χ2n) is 6.30. The van der Waals surface area contributed by atoms with Gasteiger partial charge in [0.25, 0.3) is 0 Å². The van der Waals surface area contributed by atoms with Crippen molar-refractivity contribution < 1.29 is 4.39 Å². The van der Waals surface area contributed by atoms with Gasteiger partial charge in [0.2, 0.25) is 0 Å². The Labute approximate surface area is 146 Å². The molecule has 0 amide bonds.